The van der Waals surface area contributed by atoms with E-state index in [1.165, 1.54) is 0 Å². The molecule has 1 aromatic rings. The van der Waals surface area contributed by atoms with E-state index in [1.807, 2.05) is 0 Å². The van der Waals surface area contributed by atoms with Gasteiger partial charge < -0.3 is 9.84 Å². The van der Waals surface area contributed by atoms with E-state index in [0.29, 0.717) is 5.56 Å². The molecule has 1 N–H and O–H groups in total. The second kappa shape index (κ2) is 5.02. The van der Waals surface area contributed by atoms with Crippen molar-refractivity contribution in [2.24, 2.45) is 0 Å². The van der Waals surface area contributed by atoms with Crippen LogP contribution in [0.25, 0.3) is 0 Å². The summed E-state index contributed by atoms with van der Waals surface area (Å²) in [6, 6.07) is 6.80. The van der Waals surface area contributed by atoms with Crippen LogP contribution < -0.4 is 0 Å². The van der Waals surface area contributed by atoms with Crippen molar-refractivity contribution >= 4 is 18.6 Å². The Morgan fingerprint density at radius 2 is 2.21 bits per heavy atom. The maximum atomic E-state index is 10.9. The Morgan fingerprint density at radius 3 is 2.79 bits per heavy atom. The van der Waals surface area contributed by atoms with Gasteiger partial charge in [0, 0.05) is 0 Å². The van der Waals surface area contributed by atoms with Crippen molar-refractivity contribution in [3.63, 3.8) is 0 Å². The standard InChI is InChI=1S/C10H12O3S/c1-7(13-6-14)8-4-2-3-5-9(8)10(11)12/h2-5,7,14H,6H2,1H3,(H,11,12). The van der Waals surface area contributed by atoms with Crippen molar-refractivity contribution in [1.29, 1.82) is 0 Å². The highest BCUT2D eigenvalue weighted by molar-refractivity contribution is 7.80. The van der Waals surface area contributed by atoms with Crippen molar-refractivity contribution < 1.29 is 14.6 Å². The number of hydrogen-bond acceptors (Lipinski definition) is 3. The molecule has 0 saturated heterocycles. The van der Waals surface area contributed by atoms with Crippen molar-refractivity contribution in [3.05, 3.63) is 35.4 Å². The van der Waals surface area contributed by atoms with Crippen LogP contribution in [0.5, 0.6) is 0 Å². The summed E-state index contributed by atoms with van der Waals surface area (Å²) >= 11 is 3.93. The molecule has 1 unspecified atom stereocenters. The van der Waals surface area contributed by atoms with Crippen LogP contribution in [-0.2, 0) is 4.74 Å². The van der Waals surface area contributed by atoms with Crippen LogP contribution in [0.15, 0.2) is 24.3 Å². The number of carboxylic acids is 1. The van der Waals surface area contributed by atoms with Crippen LogP contribution in [-0.4, -0.2) is 17.0 Å². The summed E-state index contributed by atoms with van der Waals surface area (Å²) in [5, 5.41) is 8.91. The minimum atomic E-state index is -0.935. The second-order valence-electron chi connectivity index (χ2n) is 2.83. The molecule has 0 radical (unpaired) electrons. The van der Waals surface area contributed by atoms with Gasteiger partial charge in [0.05, 0.1) is 17.6 Å². The van der Waals surface area contributed by atoms with E-state index in [-0.39, 0.29) is 17.6 Å². The quantitative estimate of drug-likeness (QED) is 0.595. The lowest BCUT2D eigenvalue weighted by Gasteiger charge is -2.13. The highest BCUT2D eigenvalue weighted by Gasteiger charge is 2.14. The van der Waals surface area contributed by atoms with Gasteiger partial charge in [-0.2, -0.15) is 12.6 Å². The molecule has 0 fully saturated rings. The first-order chi connectivity index (χ1) is 6.66. The molecule has 0 saturated carbocycles. The van der Waals surface area contributed by atoms with Gasteiger partial charge in [-0.05, 0) is 18.6 Å². The number of rotatable bonds is 4. The van der Waals surface area contributed by atoms with Gasteiger partial charge in [0.15, 0.2) is 0 Å². The van der Waals surface area contributed by atoms with Crippen molar-refractivity contribution in [2.45, 2.75) is 13.0 Å². The van der Waals surface area contributed by atoms with Crippen LogP contribution >= 0.6 is 12.6 Å². The molecule has 1 aromatic carbocycles. The maximum absolute atomic E-state index is 10.9. The summed E-state index contributed by atoms with van der Waals surface area (Å²) in [7, 11) is 0. The Hall–Kier alpha value is -1.00. The molecule has 76 valence electrons. The van der Waals surface area contributed by atoms with E-state index in [2.05, 4.69) is 12.6 Å². The first kappa shape index (κ1) is 11.1. The predicted molar refractivity (Wildman–Crippen MR) is 56.8 cm³/mol. The Morgan fingerprint density at radius 1 is 1.57 bits per heavy atom. The van der Waals surface area contributed by atoms with E-state index >= 15 is 0 Å². The molecule has 3 nitrogen and oxygen atoms in total. The number of aromatic carboxylic acids is 1. The fraction of sp³-hybridized carbons (Fsp3) is 0.300. The fourth-order valence-corrected chi connectivity index (χ4v) is 1.47. The molecule has 0 aliphatic heterocycles. The maximum Gasteiger partial charge on any atom is 0.336 e. The van der Waals surface area contributed by atoms with Crippen LogP contribution in [0.3, 0.4) is 0 Å². The van der Waals surface area contributed by atoms with E-state index in [1.54, 1.807) is 31.2 Å². The first-order valence-corrected chi connectivity index (χ1v) is 4.84. The first-order valence-electron chi connectivity index (χ1n) is 4.21. The van der Waals surface area contributed by atoms with Crippen LogP contribution in [0.2, 0.25) is 0 Å². The average Bonchev–Trinajstić information content (AvgIpc) is 2.18. The number of ether oxygens (including phenoxy) is 1. The van der Waals surface area contributed by atoms with Crippen molar-refractivity contribution in [2.75, 3.05) is 5.94 Å². The monoisotopic (exact) mass is 212 g/mol. The number of carboxylic acid groups (broad SMARTS) is 1. The lowest BCUT2D eigenvalue weighted by molar-refractivity contribution is 0.0679. The molecular weight excluding hydrogens is 200 g/mol. The zero-order valence-corrected chi connectivity index (χ0v) is 8.70. The smallest absolute Gasteiger partial charge is 0.336 e. The fourth-order valence-electron chi connectivity index (χ4n) is 1.25. The Balaban J connectivity index is 3.00. The molecule has 0 aliphatic rings. The summed E-state index contributed by atoms with van der Waals surface area (Å²) in [5.74, 6) is -0.662. The van der Waals surface area contributed by atoms with Gasteiger partial charge in [-0.3, -0.25) is 0 Å². The molecule has 14 heavy (non-hydrogen) atoms. The summed E-state index contributed by atoms with van der Waals surface area (Å²) in [5.41, 5.74) is 0.954. The summed E-state index contributed by atoms with van der Waals surface area (Å²) in [6.07, 6.45) is -0.250. The minimum absolute atomic E-state index is 0.250. The van der Waals surface area contributed by atoms with Gasteiger partial charge in [-0.1, -0.05) is 18.2 Å². The molecule has 0 amide bonds. The zero-order valence-electron chi connectivity index (χ0n) is 7.80. The molecule has 0 aromatic heterocycles. The average molecular weight is 212 g/mol. The number of hydrogen-bond donors (Lipinski definition) is 2. The van der Waals surface area contributed by atoms with E-state index in [0.717, 1.165) is 0 Å². The van der Waals surface area contributed by atoms with E-state index in [4.69, 9.17) is 9.84 Å². The van der Waals surface area contributed by atoms with Crippen molar-refractivity contribution in [3.8, 4) is 0 Å². The normalized spacial score (nSPS) is 12.4. The van der Waals surface area contributed by atoms with Gasteiger partial charge in [-0.25, -0.2) is 4.79 Å². The molecular formula is C10H12O3S. The topological polar surface area (TPSA) is 46.5 Å². The molecule has 0 aliphatic carbocycles. The SMILES string of the molecule is CC(OCS)c1ccccc1C(=O)O. The molecule has 1 atom stereocenters. The predicted octanol–water partition coefficient (Wildman–Crippen LogP) is 2.35. The van der Waals surface area contributed by atoms with Crippen LogP contribution in [0.4, 0.5) is 0 Å². The summed E-state index contributed by atoms with van der Waals surface area (Å²) < 4.78 is 5.22. The van der Waals surface area contributed by atoms with Crippen LogP contribution in [0.1, 0.15) is 28.9 Å². The molecule has 4 heteroatoms. The number of carbonyl (C=O) groups is 1. The molecule has 0 spiro atoms. The van der Waals surface area contributed by atoms with Gasteiger partial charge in [-0.15, -0.1) is 0 Å². The third kappa shape index (κ3) is 2.49. The third-order valence-corrected chi connectivity index (χ3v) is 2.10. The van der Waals surface area contributed by atoms with Crippen molar-refractivity contribution in [1.82, 2.24) is 0 Å². The van der Waals surface area contributed by atoms with E-state index in [9.17, 15) is 4.79 Å². The number of benzene rings is 1. The third-order valence-electron chi connectivity index (χ3n) is 1.95. The van der Waals surface area contributed by atoms with Gasteiger partial charge >= 0.3 is 5.97 Å². The highest BCUT2D eigenvalue weighted by Crippen LogP contribution is 2.21. The van der Waals surface area contributed by atoms with Gasteiger partial charge in [0.1, 0.15) is 0 Å². The Bertz CT molecular complexity index is 325. The highest BCUT2D eigenvalue weighted by atomic mass is 32.1. The Kier molecular flexibility index (Phi) is 3.98. The summed E-state index contributed by atoms with van der Waals surface area (Å²) in [6.45, 7) is 1.80. The summed E-state index contributed by atoms with van der Waals surface area (Å²) in [4.78, 5) is 10.9. The lowest BCUT2D eigenvalue weighted by Crippen LogP contribution is -2.07. The van der Waals surface area contributed by atoms with Gasteiger partial charge in [0.25, 0.3) is 0 Å². The zero-order chi connectivity index (χ0) is 10.6. The largest absolute Gasteiger partial charge is 0.478 e. The number of thiol groups is 1. The second-order valence-corrected chi connectivity index (χ2v) is 3.09. The minimum Gasteiger partial charge on any atom is -0.478 e. The molecule has 1 rings (SSSR count). The van der Waals surface area contributed by atoms with E-state index < -0.39 is 5.97 Å². The lowest BCUT2D eigenvalue weighted by atomic mass is 10.0. The molecule has 0 heterocycles. The van der Waals surface area contributed by atoms with Gasteiger partial charge in [0.2, 0.25) is 0 Å². The van der Waals surface area contributed by atoms with Crippen LogP contribution in [0, 0.1) is 0 Å². The Labute approximate surface area is 88.1 Å². The molecule has 0 bridgehead atoms.